The molecule has 0 aromatic heterocycles. The lowest BCUT2D eigenvalue weighted by Crippen LogP contribution is -2.39. The summed E-state index contributed by atoms with van der Waals surface area (Å²) in [5.74, 6) is 2.63. The van der Waals surface area contributed by atoms with Crippen LogP contribution in [0.15, 0.2) is 29.3 Å². The van der Waals surface area contributed by atoms with E-state index in [1.807, 2.05) is 17.0 Å². The highest BCUT2D eigenvalue weighted by atomic mass is 16.5. The summed E-state index contributed by atoms with van der Waals surface area (Å²) in [6.45, 7) is 8.41. The molecule has 0 saturated carbocycles. The van der Waals surface area contributed by atoms with Crippen LogP contribution in [0.5, 0.6) is 5.75 Å². The number of carbonyl (C=O) groups is 1. The maximum absolute atomic E-state index is 11.7. The molecule has 2 aliphatic rings. The van der Waals surface area contributed by atoms with E-state index >= 15 is 0 Å². The first-order valence-corrected chi connectivity index (χ1v) is 10.9. The lowest BCUT2D eigenvalue weighted by atomic mass is 10.1. The molecule has 3 rings (SSSR count). The Balaban J connectivity index is 1.42. The number of benzene rings is 1. The fourth-order valence-corrected chi connectivity index (χ4v) is 4.00. The molecule has 2 aliphatic heterocycles. The average molecular weight is 402 g/mol. The number of rotatable bonds is 9. The molecule has 0 bridgehead atoms. The molecule has 0 aliphatic carbocycles. The number of carbonyl (C=O) groups excluding carboxylic acids is 1. The van der Waals surface area contributed by atoms with Gasteiger partial charge in [-0.15, -0.1) is 0 Å². The van der Waals surface area contributed by atoms with Gasteiger partial charge in [-0.05, 0) is 44.2 Å². The average Bonchev–Trinajstić information content (AvgIpc) is 3.38. The van der Waals surface area contributed by atoms with Gasteiger partial charge < -0.3 is 25.2 Å². The zero-order valence-corrected chi connectivity index (χ0v) is 17.8. The molecule has 7 nitrogen and oxygen atoms in total. The Labute approximate surface area is 174 Å². The Morgan fingerprint density at radius 2 is 2.21 bits per heavy atom. The predicted octanol–water partition coefficient (Wildman–Crippen LogP) is 2.09. The van der Waals surface area contributed by atoms with Crippen LogP contribution in [0.4, 0.5) is 5.69 Å². The Morgan fingerprint density at radius 3 is 2.97 bits per heavy atom. The van der Waals surface area contributed by atoms with Crippen LogP contribution < -0.4 is 20.3 Å². The van der Waals surface area contributed by atoms with Gasteiger partial charge in [0.1, 0.15) is 5.75 Å². The van der Waals surface area contributed by atoms with Crippen molar-refractivity contribution >= 4 is 17.6 Å². The zero-order valence-electron chi connectivity index (χ0n) is 17.8. The molecular weight excluding hydrogens is 366 g/mol. The third-order valence-electron chi connectivity index (χ3n) is 5.62. The van der Waals surface area contributed by atoms with E-state index in [-0.39, 0.29) is 0 Å². The number of nitrogens with one attached hydrogen (secondary N) is 2. The molecule has 1 unspecified atom stereocenters. The number of anilines is 1. The fraction of sp³-hybridized carbons (Fsp3) is 0.636. The van der Waals surface area contributed by atoms with Gasteiger partial charge in [0.15, 0.2) is 5.96 Å². The molecule has 1 amide bonds. The first-order chi connectivity index (χ1) is 14.2. The Morgan fingerprint density at radius 1 is 1.31 bits per heavy atom. The quantitative estimate of drug-likeness (QED) is 0.377. The van der Waals surface area contributed by atoms with Crippen molar-refractivity contribution in [3.8, 4) is 5.75 Å². The predicted molar refractivity (Wildman–Crippen MR) is 118 cm³/mol. The molecule has 2 fully saturated rings. The second kappa shape index (κ2) is 10.9. The highest BCUT2D eigenvalue weighted by Crippen LogP contribution is 2.26. The molecule has 2 heterocycles. The van der Waals surface area contributed by atoms with Crippen molar-refractivity contribution in [2.24, 2.45) is 10.9 Å². The lowest BCUT2D eigenvalue weighted by Gasteiger charge is -2.19. The molecular formula is C22H35N5O2. The molecule has 7 heteroatoms. The second-order valence-electron chi connectivity index (χ2n) is 7.79. The minimum absolute atomic E-state index is 0.299. The van der Waals surface area contributed by atoms with Gasteiger partial charge in [-0.2, -0.15) is 0 Å². The van der Waals surface area contributed by atoms with Gasteiger partial charge in [-0.3, -0.25) is 9.79 Å². The molecule has 1 aromatic carbocycles. The SMILES string of the molecule is CCNC(=NCC1CCN(c2cccc(OC)c2)C1)NCCCN1CCCC1=O. The van der Waals surface area contributed by atoms with Crippen molar-refractivity contribution in [2.45, 2.75) is 32.6 Å². The Hall–Kier alpha value is -2.44. The molecule has 2 saturated heterocycles. The van der Waals surface area contributed by atoms with Crippen LogP contribution in [0.25, 0.3) is 0 Å². The van der Waals surface area contributed by atoms with Gasteiger partial charge in [0.25, 0.3) is 0 Å². The number of guanidine groups is 1. The molecule has 1 aromatic rings. The molecule has 0 radical (unpaired) electrons. The van der Waals surface area contributed by atoms with E-state index in [9.17, 15) is 4.79 Å². The summed E-state index contributed by atoms with van der Waals surface area (Å²) in [4.78, 5) is 20.9. The number of aliphatic imine (C=N–C) groups is 1. The third-order valence-corrected chi connectivity index (χ3v) is 5.62. The van der Waals surface area contributed by atoms with E-state index in [2.05, 4.69) is 34.6 Å². The van der Waals surface area contributed by atoms with E-state index in [0.717, 1.165) is 76.8 Å². The summed E-state index contributed by atoms with van der Waals surface area (Å²) in [5, 5.41) is 6.74. The maximum atomic E-state index is 11.7. The van der Waals surface area contributed by atoms with Gasteiger partial charge in [0, 0.05) is 64.0 Å². The van der Waals surface area contributed by atoms with Gasteiger partial charge >= 0.3 is 0 Å². The number of ether oxygens (including phenoxy) is 1. The van der Waals surface area contributed by atoms with Crippen LogP contribution in [0.1, 0.15) is 32.6 Å². The zero-order chi connectivity index (χ0) is 20.5. The van der Waals surface area contributed by atoms with E-state index in [0.29, 0.717) is 18.2 Å². The monoisotopic (exact) mass is 401 g/mol. The Bertz CT molecular complexity index is 694. The summed E-state index contributed by atoms with van der Waals surface area (Å²) in [7, 11) is 1.71. The van der Waals surface area contributed by atoms with Crippen molar-refractivity contribution in [1.82, 2.24) is 15.5 Å². The number of likely N-dealkylation sites (tertiary alicyclic amines) is 1. The summed E-state index contributed by atoms with van der Waals surface area (Å²) < 4.78 is 5.35. The molecule has 2 N–H and O–H groups in total. The fourth-order valence-electron chi connectivity index (χ4n) is 4.00. The van der Waals surface area contributed by atoms with Crippen molar-refractivity contribution in [3.63, 3.8) is 0 Å². The summed E-state index contributed by atoms with van der Waals surface area (Å²) in [5.41, 5.74) is 1.22. The number of nitrogens with zero attached hydrogens (tertiary/aromatic N) is 3. The molecule has 29 heavy (non-hydrogen) atoms. The molecule has 1 atom stereocenters. The minimum Gasteiger partial charge on any atom is -0.497 e. The number of amides is 1. The number of methoxy groups -OCH3 is 1. The first kappa shape index (κ1) is 21.3. The minimum atomic E-state index is 0.299. The van der Waals surface area contributed by atoms with Gasteiger partial charge in [-0.1, -0.05) is 6.07 Å². The Kier molecular flexibility index (Phi) is 8.02. The third kappa shape index (κ3) is 6.27. The highest BCUT2D eigenvalue weighted by Gasteiger charge is 2.23. The van der Waals surface area contributed by atoms with Gasteiger partial charge in [0.2, 0.25) is 5.91 Å². The van der Waals surface area contributed by atoms with Crippen molar-refractivity contribution < 1.29 is 9.53 Å². The van der Waals surface area contributed by atoms with E-state index in [1.165, 1.54) is 5.69 Å². The molecule has 0 spiro atoms. The van der Waals surface area contributed by atoms with Gasteiger partial charge in [-0.25, -0.2) is 0 Å². The highest BCUT2D eigenvalue weighted by molar-refractivity contribution is 5.80. The van der Waals surface area contributed by atoms with Crippen LogP contribution >= 0.6 is 0 Å². The van der Waals surface area contributed by atoms with Crippen molar-refractivity contribution in [3.05, 3.63) is 24.3 Å². The maximum Gasteiger partial charge on any atom is 0.222 e. The van der Waals surface area contributed by atoms with E-state index in [4.69, 9.17) is 9.73 Å². The summed E-state index contributed by atoms with van der Waals surface area (Å²) in [6.07, 6.45) is 3.82. The van der Waals surface area contributed by atoms with Crippen LogP contribution in [0.2, 0.25) is 0 Å². The van der Waals surface area contributed by atoms with Gasteiger partial charge in [0.05, 0.1) is 7.11 Å². The van der Waals surface area contributed by atoms with E-state index in [1.54, 1.807) is 7.11 Å². The molecule has 160 valence electrons. The summed E-state index contributed by atoms with van der Waals surface area (Å²) in [6, 6.07) is 8.27. The van der Waals surface area contributed by atoms with E-state index < -0.39 is 0 Å². The van der Waals surface area contributed by atoms with Crippen LogP contribution in [-0.4, -0.2) is 69.7 Å². The lowest BCUT2D eigenvalue weighted by molar-refractivity contribution is -0.127. The smallest absolute Gasteiger partial charge is 0.222 e. The van der Waals surface area contributed by atoms with Crippen molar-refractivity contribution in [2.75, 3.05) is 57.8 Å². The normalized spacial score (nSPS) is 19.7. The van der Waals surface area contributed by atoms with Crippen LogP contribution in [0, 0.1) is 5.92 Å². The number of hydrogen-bond donors (Lipinski definition) is 2. The largest absolute Gasteiger partial charge is 0.497 e. The number of hydrogen-bond acceptors (Lipinski definition) is 4. The topological polar surface area (TPSA) is 69.2 Å². The standard InChI is InChI=1S/C22H35N5O2/c1-3-23-22(24-11-6-13-26-12-5-9-21(26)28)25-16-18-10-14-27(17-18)19-7-4-8-20(15-19)29-2/h4,7-8,15,18H,3,5-6,9-14,16-17H2,1-2H3,(H2,23,24,25). The summed E-state index contributed by atoms with van der Waals surface area (Å²) >= 11 is 0. The first-order valence-electron chi connectivity index (χ1n) is 10.9. The van der Waals surface area contributed by atoms with Crippen molar-refractivity contribution in [1.29, 1.82) is 0 Å². The van der Waals surface area contributed by atoms with Crippen LogP contribution in [0.3, 0.4) is 0 Å². The van der Waals surface area contributed by atoms with Crippen LogP contribution in [-0.2, 0) is 4.79 Å². The second-order valence-corrected chi connectivity index (χ2v) is 7.79.